The normalized spacial score (nSPS) is 16.6. The van der Waals surface area contributed by atoms with Crippen molar-refractivity contribution in [2.45, 2.75) is 25.3 Å². The highest BCUT2D eigenvalue weighted by molar-refractivity contribution is 5.81. The van der Waals surface area contributed by atoms with E-state index in [2.05, 4.69) is 31.0 Å². The molecule has 31 heavy (non-hydrogen) atoms. The second kappa shape index (κ2) is 8.93. The van der Waals surface area contributed by atoms with Crippen LogP contribution in [0.2, 0.25) is 0 Å². The molecule has 1 atom stereocenters. The molecule has 7 nitrogen and oxygen atoms in total. The third-order valence-corrected chi connectivity index (χ3v) is 5.01. The summed E-state index contributed by atoms with van der Waals surface area (Å²) in [5.41, 5.74) is 8.40. The monoisotopic (exact) mass is 435 g/mol. The third kappa shape index (κ3) is 5.52. The van der Waals surface area contributed by atoms with Crippen LogP contribution in [0, 0.1) is 0 Å². The molecule has 0 radical (unpaired) electrons. The van der Waals surface area contributed by atoms with E-state index in [1.165, 1.54) is 24.3 Å². The van der Waals surface area contributed by atoms with E-state index in [1.54, 1.807) is 0 Å². The Kier molecular flexibility index (Phi) is 6.08. The van der Waals surface area contributed by atoms with Gasteiger partial charge in [-0.2, -0.15) is 0 Å². The highest BCUT2D eigenvalue weighted by Gasteiger charge is 2.31. The number of aromatic amines is 1. The summed E-state index contributed by atoms with van der Waals surface area (Å²) >= 11 is 0. The number of halogens is 3. The number of fused-ring (bicyclic) bond motifs is 1. The number of anilines is 2. The quantitative estimate of drug-likeness (QED) is 0.466. The van der Waals surface area contributed by atoms with E-state index in [9.17, 15) is 13.2 Å². The smallest absolute Gasteiger partial charge is 0.489 e. The minimum Gasteiger partial charge on any atom is -0.489 e. The zero-order valence-corrected chi connectivity index (χ0v) is 16.8. The number of H-pyrrole nitrogens is 1. The van der Waals surface area contributed by atoms with Gasteiger partial charge in [-0.15, -0.1) is 13.2 Å². The molecule has 166 valence electrons. The molecule has 1 aliphatic rings. The van der Waals surface area contributed by atoms with Crippen LogP contribution in [0.25, 0.3) is 11.0 Å². The minimum absolute atomic E-state index is 0.0552. The predicted octanol–water partition coefficient (Wildman–Crippen LogP) is 3.88. The van der Waals surface area contributed by atoms with Crippen molar-refractivity contribution < 1.29 is 22.6 Å². The van der Waals surface area contributed by atoms with E-state index < -0.39 is 6.36 Å². The summed E-state index contributed by atoms with van der Waals surface area (Å²) in [4.78, 5) is 10.0. The Labute approximate surface area is 177 Å². The Balaban J connectivity index is 1.35. The van der Waals surface area contributed by atoms with Crippen LogP contribution < -0.4 is 25.4 Å². The van der Waals surface area contributed by atoms with Crippen molar-refractivity contribution in [3.63, 3.8) is 0 Å². The standard InChI is InChI=1S/C21H24F3N5O2/c22-21(23,24)31-16-5-3-15(4-6-16)30-17-8-11-29(13-17)14-2-7-18-19(12-14)28-20(27-18)26-10-1-9-25/h2-7,12,17H,1,8-11,13,25H2,(H2,26,27,28). The molecule has 3 aromatic rings. The molecular weight excluding hydrogens is 411 g/mol. The highest BCUT2D eigenvalue weighted by Crippen LogP contribution is 2.28. The lowest BCUT2D eigenvalue weighted by molar-refractivity contribution is -0.274. The molecule has 0 amide bonds. The predicted molar refractivity (Wildman–Crippen MR) is 113 cm³/mol. The first-order chi connectivity index (χ1) is 14.9. The molecular formula is C21H24F3N5O2. The summed E-state index contributed by atoms with van der Waals surface area (Å²) in [6.07, 6.45) is -3.07. The number of aromatic nitrogens is 2. The number of ether oxygens (including phenoxy) is 2. The van der Waals surface area contributed by atoms with Crippen LogP contribution in [0.15, 0.2) is 42.5 Å². The van der Waals surface area contributed by atoms with Crippen molar-refractivity contribution in [3.8, 4) is 11.5 Å². The molecule has 1 fully saturated rings. The van der Waals surface area contributed by atoms with Crippen LogP contribution in [-0.4, -0.2) is 48.6 Å². The molecule has 2 heterocycles. The van der Waals surface area contributed by atoms with Crippen LogP contribution in [0.4, 0.5) is 24.8 Å². The minimum atomic E-state index is -4.70. The van der Waals surface area contributed by atoms with E-state index in [-0.39, 0.29) is 11.9 Å². The Morgan fingerprint density at radius 2 is 1.94 bits per heavy atom. The van der Waals surface area contributed by atoms with Gasteiger partial charge in [0.05, 0.1) is 17.6 Å². The molecule has 1 saturated heterocycles. The van der Waals surface area contributed by atoms with E-state index in [0.29, 0.717) is 18.8 Å². The number of nitrogens with two attached hydrogens (primary N) is 1. The molecule has 0 saturated carbocycles. The van der Waals surface area contributed by atoms with Crippen molar-refractivity contribution in [2.24, 2.45) is 5.73 Å². The maximum absolute atomic E-state index is 12.3. The number of rotatable bonds is 8. The van der Waals surface area contributed by atoms with Gasteiger partial charge in [-0.3, -0.25) is 0 Å². The zero-order chi connectivity index (χ0) is 21.8. The Morgan fingerprint density at radius 1 is 1.16 bits per heavy atom. The van der Waals surface area contributed by atoms with Crippen molar-refractivity contribution in [1.29, 1.82) is 0 Å². The second-order valence-electron chi connectivity index (χ2n) is 7.35. The molecule has 1 aliphatic heterocycles. The van der Waals surface area contributed by atoms with Gasteiger partial charge in [0.1, 0.15) is 17.6 Å². The number of hydrogen-bond donors (Lipinski definition) is 3. The number of benzene rings is 2. The fourth-order valence-electron chi connectivity index (χ4n) is 3.56. The first-order valence-electron chi connectivity index (χ1n) is 10.1. The van der Waals surface area contributed by atoms with Crippen molar-refractivity contribution in [2.75, 3.05) is 36.4 Å². The Bertz CT molecular complexity index is 1010. The van der Waals surface area contributed by atoms with Gasteiger partial charge < -0.3 is 30.4 Å². The molecule has 0 bridgehead atoms. The lowest BCUT2D eigenvalue weighted by Gasteiger charge is -2.19. The lowest BCUT2D eigenvalue weighted by atomic mass is 10.2. The van der Waals surface area contributed by atoms with Gasteiger partial charge in [-0.05, 0) is 55.4 Å². The van der Waals surface area contributed by atoms with Crippen LogP contribution >= 0.6 is 0 Å². The SMILES string of the molecule is NCCCNc1nc2ccc(N3CCC(Oc4ccc(OC(F)(F)F)cc4)C3)cc2[nH]1. The maximum Gasteiger partial charge on any atom is 0.573 e. The van der Waals surface area contributed by atoms with Crippen LogP contribution in [-0.2, 0) is 0 Å². The summed E-state index contributed by atoms with van der Waals surface area (Å²) in [6.45, 7) is 2.89. The summed E-state index contributed by atoms with van der Waals surface area (Å²) < 4.78 is 46.6. The van der Waals surface area contributed by atoms with Crippen molar-refractivity contribution in [1.82, 2.24) is 9.97 Å². The topological polar surface area (TPSA) is 88.4 Å². The fourth-order valence-corrected chi connectivity index (χ4v) is 3.56. The Hall–Kier alpha value is -3.14. The first-order valence-corrected chi connectivity index (χ1v) is 10.1. The van der Waals surface area contributed by atoms with E-state index in [0.717, 1.165) is 48.6 Å². The molecule has 0 spiro atoms. The molecule has 0 aliphatic carbocycles. The first kappa shape index (κ1) is 21.1. The van der Waals surface area contributed by atoms with Gasteiger partial charge in [-0.1, -0.05) is 0 Å². The molecule has 10 heteroatoms. The molecule has 1 unspecified atom stereocenters. The maximum atomic E-state index is 12.3. The van der Waals surface area contributed by atoms with E-state index >= 15 is 0 Å². The zero-order valence-electron chi connectivity index (χ0n) is 16.8. The summed E-state index contributed by atoms with van der Waals surface area (Å²) in [5, 5.41) is 3.22. The summed E-state index contributed by atoms with van der Waals surface area (Å²) in [5.74, 6) is 0.970. The lowest BCUT2D eigenvalue weighted by Crippen LogP contribution is -2.24. The van der Waals surface area contributed by atoms with Gasteiger partial charge in [0.2, 0.25) is 5.95 Å². The average Bonchev–Trinajstić information content (AvgIpc) is 3.34. The largest absolute Gasteiger partial charge is 0.573 e. The van der Waals surface area contributed by atoms with Gasteiger partial charge in [0.15, 0.2) is 0 Å². The molecule has 2 aromatic carbocycles. The second-order valence-corrected chi connectivity index (χ2v) is 7.35. The summed E-state index contributed by atoms with van der Waals surface area (Å²) in [6, 6.07) is 11.5. The summed E-state index contributed by atoms with van der Waals surface area (Å²) in [7, 11) is 0. The number of nitrogens with one attached hydrogen (secondary N) is 2. The van der Waals surface area contributed by atoms with Crippen LogP contribution in [0.1, 0.15) is 12.8 Å². The number of alkyl halides is 3. The van der Waals surface area contributed by atoms with Gasteiger partial charge in [0, 0.05) is 25.2 Å². The average molecular weight is 435 g/mol. The molecule has 4 N–H and O–H groups in total. The molecule has 1 aromatic heterocycles. The van der Waals surface area contributed by atoms with E-state index in [1.807, 2.05) is 12.1 Å². The fraction of sp³-hybridized carbons (Fsp3) is 0.381. The third-order valence-electron chi connectivity index (χ3n) is 5.01. The van der Waals surface area contributed by atoms with Gasteiger partial charge >= 0.3 is 6.36 Å². The number of hydrogen-bond acceptors (Lipinski definition) is 6. The number of imidazole rings is 1. The van der Waals surface area contributed by atoms with Crippen molar-refractivity contribution in [3.05, 3.63) is 42.5 Å². The van der Waals surface area contributed by atoms with Crippen LogP contribution in [0.5, 0.6) is 11.5 Å². The van der Waals surface area contributed by atoms with Gasteiger partial charge in [-0.25, -0.2) is 4.98 Å². The number of nitrogens with zero attached hydrogens (tertiary/aromatic N) is 2. The highest BCUT2D eigenvalue weighted by atomic mass is 19.4. The van der Waals surface area contributed by atoms with Gasteiger partial charge in [0.25, 0.3) is 0 Å². The van der Waals surface area contributed by atoms with Crippen LogP contribution in [0.3, 0.4) is 0 Å². The van der Waals surface area contributed by atoms with E-state index in [4.69, 9.17) is 10.5 Å². The van der Waals surface area contributed by atoms with Crippen molar-refractivity contribution >= 4 is 22.7 Å². The Morgan fingerprint density at radius 3 is 2.68 bits per heavy atom. The molecule has 4 rings (SSSR count).